The van der Waals surface area contributed by atoms with Gasteiger partial charge in [0, 0.05) is 29.4 Å². The molecule has 10 nitrogen and oxygen atoms in total. The molecule has 0 unspecified atom stereocenters. The fourth-order valence-electron chi connectivity index (χ4n) is 3.10. The zero-order valence-corrected chi connectivity index (χ0v) is 14.7. The molecule has 0 radical (unpaired) electrons. The monoisotopic (exact) mass is 374 g/mol. The van der Waals surface area contributed by atoms with Crippen LogP contribution in [0.1, 0.15) is 10.4 Å². The van der Waals surface area contributed by atoms with E-state index in [-0.39, 0.29) is 5.91 Å². The predicted molar refractivity (Wildman–Crippen MR) is 101 cm³/mol. The number of hydrogen-bond donors (Lipinski definition) is 3. The lowest BCUT2D eigenvalue weighted by molar-refractivity contribution is 0.102. The van der Waals surface area contributed by atoms with Crippen LogP contribution in [0.5, 0.6) is 5.75 Å². The Morgan fingerprint density at radius 2 is 2.07 bits per heavy atom. The van der Waals surface area contributed by atoms with Crippen molar-refractivity contribution in [2.24, 2.45) is 0 Å². The minimum absolute atomic E-state index is 0.334. The summed E-state index contributed by atoms with van der Waals surface area (Å²) in [4.78, 5) is 17.0. The highest BCUT2D eigenvalue weighted by molar-refractivity contribution is 6.09. The first-order chi connectivity index (χ1) is 13.7. The molecule has 3 N–H and O–H groups in total. The van der Waals surface area contributed by atoms with Crippen molar-refractivity contribution < 1.29 is 9.53 Å². The molecule has 0 bridgehead atoms. The lowest BCUT2D eigenvalue weighted by Gasteiger charge is -2.10. The zero-order valence-electron chi connectivity index (χ0n) is 14.7. The van der Waals surface area contributed by atoms with Crippen molar-refractivity contribution in [1.29, 1.82) is 0 Å². The quantitative estimate of drug-likeness (QED) is 0.443. The first kappa shape index (κ1) is 16.0. The maximum atomic E-state index is 12.8. The van der Waals surface area contributed by atoms with Crippen molar-refractivity contribution in [1.82, 2.24) is 35.0 Å². The summed E-state index contributed by atoms with van der Waals surface area (Å²) in [7, 11) is 1.58. The van der Waals surface area contributed by atoms with Gasteiger partial charge in [0.25, 0.3) is 5.91 Å². The normalized spacial score (nSPS) is 11.2. The Hall–Kier alpha value is -4.21. The van der Waals surface area contributed by atoms with Crippen molar-refractivity contribution in [3.8, 4) is 17.0 Å². The van der Waals surface area contributed by atoms with Crippen LogP contribution in [0.15, 0.2) is 49.2 Å². The molecule has 0 aliphatic heterocycles. The van der Waals surface area contributed by atoms with E-state index in [1.165, 1.54) is 6.20 Å². The van der Waals surface area contributed by atoms with Crippen molar-refractivity contribution in [2.45, 2.75) is 0 Å². The van der Waals surface area contributed by atoms with E-state index in [2.05, 4.69) is 35.8 Å². The van der Waals surface area contributed by atoms with E-state index in [0.717, 1.165) is 16.5 Å². The molecule has 0 fully saturated rings. The number of carbonyl (C=O) groups excluding carboxylic acids is 1. The van der Waals surface area contributed by atoms with Crippen molar-refractivity contribution in [3.05, 3.63) is 54.7 Å². The summed E-state index contributed by atoms with van der Waals surface area (Å²) in [5, 5.41) is 21.9. The number of H-pyrrole nitrogens is 2. The van der Waals surface area contributed by atoms with Crippen LogP contribution in [0.25, 0.3) is 27.8 Å². The summed E-state index contributed by atoms with van der Waals surface area (Å²) >= 11 is 0. The van der Waals surface area contributed by atoms with E-state index in [4.69, 9.17) is 4.74 Å². The van der Waals surface area contributed by atoms with Gasteiger partial charge in [-0.1, -0.05) is 0 Å². The molecular weight excluding hydrogens is 360 g/mol. The molecule has 10 heteroatoms. The largest absolute Gasteiger partial charge is 0.496 e. The fraction of sp³-hybridized carbons (Fsp3) is 0.0556. The van der Waals surface area contributed by atoms with Crippen LogP contribution < -0.4 is 10.1 Å². The second-order valence-electron chi connectivity index (χ2n) is 6.07. The smallest absolute Gasteiger partial charge is 0.261 e. The van der Waals surface area contributed by atoms with Crippen LogP contribution in [-0.4, -0.2) is 48.0 Å². The van der Waals surface area contributed by atoms with Gasteiger partial charge in [-0.15, -0.1) is 0 Å². The van der Waals surface area contributed by atoms with Gasteiger partial charge in [-0.05, 0) is 12.1 Å². The molecule has 138 valence electrons. The third-order valence-corrected chi connectivity index (χ3v) is 4.44. The maximum Gasteiger partial charge on any atom is 0.261 e. The predicted octanol–water partition coefficient (Wildman–Crippen LogP) is 2.26. The van der Waals surface area contributed by atoms with E-state index in [0.29, 0.717) is 28.3 Å². The first-order valence-corrected chi connectivity index (χ1v) is 8.39. The Bertz CT molecular complexity index is 1320. The number of aromatic nitrogens is 7. The van der Waals surface area contributed by atoms with Gasteiger partial charge < -0.3 is 10.1 Å². The molecule has 1 amide bonds. The first-order valence-electron chi connectivity index (χ1n) is 8.39. The van der Waals surface area contributed by atoms with Crippen LogP contribution in [0.2, 0.25) is 0 Å². The van der Waals surface area contributed by atoms with Crippen molar-refractivity contribution in [3.63, 3.8) is 0 Å². The van der Waals surface area contributed by atoms with Gasteiger partial charge in [0.1, 0.15) is 11.3 Å². The number of nitrogens with one attached hydrogen (secondary N) is 3. The molecule has 1 aromatic carbocycles. The number of benzene rings is 1. The number of methoxy groups -OCH3 is 1. The summed E-state index contributed by atoms with van der Waals surface area (Å²) in [6, 6.07) is 5.51. The maximum absolute atomic E-state index is 12.8. The van der Waals surface area contributed by atoms with Gasteiger partial charge in [0.05, 0.1) is 42.6 Å². The highest BCUT2D eigenvalue weighted by Gasteiger charge is 2.19. The van der Waals surface area contributed by atoms with Gasteiger partial charge >= 0.3 is 0 Å². The summed E-state index contributed by atoms with van der Waals surface area (Å²) in [5.41, 5.74) is 3.58. The number of fused-ring (bicyclic) bond motifs is 2. The van der Waals surface area contributed by atoms with Gasteiger partial charge in [0.15, 0.2) is 5.65 Å². The van der Waals surface area contributed by atoms with Gasteiger partial charge in [-0.2, -0.15) is 15.3 Å². The Labute approximate surface area is 157 Å². The molecule has 5 aromatic rings. The molecule has 4 aromatic heterocycles. The van der Waals surface area contributed by atoms with Crippen LogP contribution in [-0.2, 0) is 0 Å². The van der Waals surface area contributed by atoms with Crippen molar-refractivity contribution in [2.75, 3.05) is 12.4 Å². The fourth-order valence-corrected chi connectivity index (χ4v) is 3.10. The number of ether oxygens (including phenoxy) is 1. The van der Waals surface area contributed by atoms with Crippen molar-refractivity contribution >= 4 is 28.1 Å². The summed E-state index contributed by atoms with van der Waals surface area (Å²) < 4.78 is 7.05. The lowest BCUT2D eigenvalue weighted by atomic mass is 10.1. The number of hydrogen-bond acceptors (Lipinski definition) is 6. The minimum atomic E-state index is -0.334. The molecule has 0 atom stereocenters. The number of aromatic amines is 2. The van der Waals surface area contributed by atoms with Crippen LogP contribution in [0.4, 0.5) is 5.69 Å². The molecular formula is C18H14N8O2. The van der Waals surface area contributed by atoms with E-state index < -0.39 is 0 Å². The van der Waals surface area contributed by atoms with Gasteiger partial charge in [-0.3, -0.25) is 15.0 Å². The van der Waals surface area contributed by atoms with E-state index in [1.807, 2.05) is 12.1 Å². The van der Waals surface area contributed by atoms with Crippen LogP contribution >= 0.6 is 0 Å². The molecule has 0 aliphatic rings. The molecule has 5 rings (SSSR count). The number of carbonyl (C=O) groups is 1. The topological polar surface area (TPSA) is 126 Å². The Morgan fingerprint density at radius 1 is 1.18 bits per heavy atom. The van der Waals surface area contributed by atoms with E-state index in [1.54, 1.807) is 42.5 Å². The highest BCUT2D eigenvalue weighted by Crippen LogP contribution is 2.36. The number of amides is 1. The highest BCUT2D eigenvalue weighted by atomic mass is 16.5. The van der Waals surface area contributed by atoms with E-state index >= 15 is 0 Å². The minimum Gasteiger partial charge on any atom is -0.496 e. The number of rotatable bonds is 4. The second-order valence-corrected chi connectivity index (χ2v) is 6.07. The Morgan fingerprint density at radius 3 is 2.96 bits per heavy atom. The Kier molecular flexibility index (Phi) is 3.54. The Balaban J connectivity index is 1.54. The third kappa shape index (κ3) is 2.47. The molecule has 0 saturated heterocycles. The van der Waals surface area contributed by atoms with Crippen LogP contribution in [0, 0.1) is 0 Å². The summed E-state index contributed by atoms with van der Waals surface area (Å²) in [6.07, 6.45) is 8.09. The second kappa shape index (κ2) is 6.20. The summed E-state index contributed by atoms with van der Waals surface area (Å²) in [5.74, 6) is 0.286. The molecule has 4 heterocycles. The third-order valence-electron chi connectivity index (χ3n) is 4.44. The van der Waals surface area contributed by atoms with Gasteiger partial charge in [0.2, 0.25) is 0 Å². The molecule has 0 spiro atoms. The van der Waals surface area contributed by atoms with Crippen LogP contribution in [0.3, 0.4) is 0 Å². The van der Waals surface area contributed by atoms with Gasteiger partial charge in [-0.25, -0.2) is 9.50 Å². The average Bonchev–Trinajstić information content (AvgIpc) is 3.45. The summed E-state index contributed by atoms with van der Waals surface area (Å²) in [6.45, 7) is 0. The molecule has 0 saturated carbocycles. The SMILES string of the molecule is COc1cc2[nH]ncc2cc1-c1[nH]ncc1NC(=O)c1cnn2cccnc12. The standard InChI is InChI=1S/C18H14N8O2/c1-28-15-6-13-10(7-20-24-13)5-11(15)16-14(9-21-25-16)23-18(27)12-8-22-26-4-2-3-19-17(12)26/h2-9H,1H3,(H,20,24)(H,21,25)(H,23,27). The number of anilines is 1. The lowest BCUT2D eigenvalue weighted by Crippen LogP contribution is -2.12. The molecule has 28 heavy (non-hydrogen) atoms. The number of nitrogens with zero attached hydrogens (tertiary/aromatic N) is 5. The zero-order chi connectivity index (χ0) is 19.1. The average molecular weight is 374 g/mol. The van der Waals surface area contributed by atoms with E-state index in [9.17, 15) is 4.79 Å². The molecule has 0 aliphatic carbocycles.